The van der Waals surface area contributed by atoms with Crippen LogP contribution in [0.5, 0.6) is 5.75 Å². The number of benzene rings is 1. The van der Waals surface area contributed by atoms with E-state index >= 15 is 0 Å². The van der Waals surface area contributed by atoms with Gasteiger partial charge in [-0.3, -0.25) is 0 Å². The number of aromatic nitrogens is 2. The van der Waals surface area contributed by atoms with Gasteiger partial charge in [0.2, 0.25) is 5.89 Å². The highest BCUT2D eigenvalue weighted by Gasteiger charge is 2.09. The van der Waals surface area contributed by atoms with Crippen LogP contribution >= 0.6 is 11.6 Å². The van der Waals surface area contributed by atoms with E-state index in [1.807, 2.05) is 0 Å². The third-order valence-corrected chi connectivity index (χ3v) is 2.86. The summed E-state index contributed by atoms with van der Waals surface area (Å²) in [6.45, 7) is 1.81. The standard InChI is InChI=1S/C13H17ClN4O3/c1-19-6-5-15-8-12-17-18-13(21-12)16-10-7-9(14)3-4-11(10)20-2/h3-4,7,15H,5-6,8H2,1-2H3,(H,16,18). The Morgan fingerprint density at radius 3 is 2.90 bits per heavy atom. The van der Waals surface area contributed by atoms with Gasteiger partial charge in [0.1, 0.15) is 5.75 Å². The molecule has 0 radical (unpaired) electrons. The van der Waals surface area contributed by atoms with Crippen LogP contribution in [-0.2, 0) is 11.3 Å². The van der Waals surface area contributed by atoms with E-state index in [1.54, 1.807) is 32.4 Å². The first-order valence-electron chi connectivity index (χ1n) is 6.35. The van der Waals surface area contributed by atoms with Gasteiger partial charge in [-0.1, -0.05) is 16.7 Å². The van der Waals surface area contributed by atoms with Gasteiger partial charge in [0.05, 0.1) is 25.9 Å². The molecule has 0 atom stereocenters. The first-order valence-corrected chi connectivity index (χ1v) is 6.73. The van der Waals surface area contributed by atoms with Gasteiger partial charge < -0.3 is 24.5 Å². The normalized spacial score (nSPS) is 10.6. The highest BCUT2D eigenvalue weighted by Crippen LogP contribution is 2.29. The maximum absolute atomic E-state index is 5.96. The molecular formula is C13H17ClN4O3. The molecule has 0 aliphatic heterocycles. The lowest BCUT2D eigenvalue weighted by Gasteiger charge is -2.08. The summed E-state index contributed by atoms with van der Waals surface area (Å²) in [5.74, 6) is 1.12. The van der Waals surface area contributed by atoms with Crippen LogP contribution in [0.25, 0.3) is 0 Å². The molecular weight excluding hydrogens is 296 g/mol. The molecule has 2 rings (SSSR count). The summed E-state index contributed by atoms with van der Waals surface area (Å²) < 4.78 is 15.6. The van der Waals surface area contributed by atoms with Gasteiger partial charge in [0, 0.05) is 18.7 Å². The second kappa shape index (κ2) is 7.82. The minimum atomic E-state index is 0.277. The lowest BCUT2D eigenvalue weighted by Crippen LogP contribution is -2.18. The van der Waals surface area contributed by atoms with E-state index < -0.39 is 0 Å². The quantitative estimate of drug-likeness (QED) is 0.723. The minimum Gasteiger partial charge on any atom is -0.495 e. The lowest BCUT2D eigenvalue weighted by atomic mass is 10.3. The second-order valence-electron chi connectivity index (χ2n) is 4.14. The molecule has 8 heteroatoms. The summed E-state index contributed by atoms with van der Waals surface area (Å²) in [6.07, 6.45) is 0. The molecule has 0 aliphatic rings. The summed E-state index contributed by atoms with van der Waals surface area (Å²) in [4.78, 5) is 0. The van der Waals surface area contributed by atoms with E-state index in [2.05, 4.69) is 20.8 Å². The summed E-state index contributed by atoms with van der Waals surface area (Å²) >= 11 is 5.96. The Morgan fingerprint density at radius 2 is 2.14 bits per heavy atom. The van der Waals surface area contributed by atoms with Gasteiger partial charge in [0.25, 0.3) is 0 Å². The number of nitrogens with zero attached hydrogens (tertiary/aromatic N) is 2. The molecule has 0 saturated heterocycles. The predicted molar refractivity (Wildman–Crippen MR) is 79.2 cm³/mol. The maximum Gasteiger partial charge on any atom is 0.320 e. The minimum absolute atomic E-state index is 0.277. The Morgan fingerprint density at radius 1 is 1.29 bits per heavy atom. The number of anilines is 2. The molecule has 0 fully saturated rings. The van der Waals surface area contributed by atoms with E-state index in [9.17, 15) is 0 Å². The zero-order valence-electron chi connectivity index (χ0n) is 11.9. The summed E-state index contributed by atoms with van der Waals surface area (Å²) in [5, 5.41) is 14.5. The second-order valence-corrected chi connectivity index (χ2v) is 4.58. The van der Waals surface area contributed by atoms with E-state index in [0.717, 1.165) is 0 Å². The van der Waals surface area contributed by atoms with E-state index in [4.69, 9.17) is 25.5 Å². The Bertz CT molecular complexity index is 576. The largest absolute Gasteiger partial charge is 0.495 e. The monoisotopic (exact) mass is 312 g/mol. The van der Waals surface area contributed by atoms with Crippen LogP contribution in [-0.4, -0.2) is 37.6 Å². The Balaban J connectivity index is 1.97. The van der Waals surface area contributed by atoms with Crippen molar-refractivity contribution in [1.82, 2.24) is 15.5 Å². The summed E-state index contributed by atoms with van der Waals surface area (Å²) in [6, 6.07) is 5.50. The molecule has 0 saturated carbocycles. The molecule has 7 nitrogen and oxygen atoms in total. The van der Waals surface area contributed by atoms with Crippen molar-refractivity contribution in [2.75, 3.05) is 32.7 Å². The van der Waals surface area contributed by atoms with E-state index in [1.165, 1.54) is 0 Å². The Kier molecular flexibility index (Phi) is 5.79. The topological polar surface area (TPSA) is 81.4 Å². The fraction of sp³-hybridized carbons (Fsp3) is 0.385. The molecule has 1 aromatic heterocycles. The van der Waals surface area contributed by atoms with Crippen LogP contribution in [0.2, 0.25) is 5.02 Å². The number of hydrogen-bond acceptors (Lipinski definition) is 7. The van der Waals surface area contributed by atoms with Gasteiger partial charge >= 0.3 is 6.01 Å². The predicted octanol–water partition coefficient (Wildman–Crippen LogP) is 2.21. The number of halogens is 1. The molecule has 1 aromatic carbocycles. The van der Waals surface area contributed by atoms with Crippen LogP contribution < -0.4 is 15.4 Å². The smallest absolute Gasteiger partial charge is 0.320 e. The lowest BCUT2D eigenvalue weighted by molar-refractivity contribution is 0.198. The molecule has 114 valence electrons. The molecule has 2 aromatic rings. The van der Waals surface area contributed by atoms with Gasteiger partial charge in [-0.15, -0.1) is 5.10 Å². The third-order valence-electron chi connectivity index (χ3n) is 2.63. The van der Waals surface area contributed by atoms with Crippen molar-refractivity contribution >= 4 is 23.3 Å². The molecule has 1 heterocycles. The Hall–Kier alpha value is -1.83. The molecule has 2 N–H and O–H groups in total. The average Bonchev–Trinajstić information content (AvgIpc) is 2.91. The number of methoxy groups -OCH3 is 2. The molecule has 0 amide bonds. The van der Waals surface area contributed by atoms with Gasteiger partial charge in [-0.05, 0) is 18.2 Å². The molecule has 0 aliphatic carbocycles. The first-order chi connectivity index (χ1) is 10.2. The Labute approximate surface area is 127 Å². The number of nitrogens with one attached hydrogen (secondary N) is 2. The fourth-order valence-corrected chi connectivity index (χ4v) is 1.81. The van der Waals surface area contributed by atoms with E-state index in [-0.39, 0.29) is 6.01 Å². The molecule has 0 unspecified atom stereocenters. The highest BCUT2D eigenvalue weighted by atomic mass is 35.5. The number of hydrogen-bond donors (Lipinski definition) is 2. The van der Waals surface area contributed by atoms with Gasteiger partial charge in [-0.25, -0.2) is 0 Å². The third kappa shape index (κ3) is 4.59. The van der Waals surface area contributed by atoms with Crippen molar-refractivity contribution in [2.45, 2.75) is 6.54 Å². The average molecular weight is 313 g/mol. The van der Waals surface area contributed by atoms with Crippen LogP contribution in [0.15, 0.2) is 22.6 Å². The first kappa shape index (κ1) is 15.6. The zero-order valence-corrected chi connectivity index (χ0v) is 12.6. The van der Waals surface area contributed by atoms with Crippen LogP contribution in [0, 0.1) is 0 Å². The molecule has 0 spiro atoms. The van der Waals surface area contributed by atoms with Gasteiger partial charge in [-0.2, -0.15) is 0 Å². The number of ether oxygens (including phenoxy) is 2. The fourth-order valence-electron chi connectivity index (χ4n) is 1.64. The van der Waals surface area contributed by atoms with Gasteiger partial charge in [0.15, 0.2) is 0 Å². The zero-order chi connectivity index (χ0) is 15.1. The van der Waals surface area contributed by atoms with Crippen molar-refractivity contribution in [3.05, 3.63) is 29.1 Å². The van der Waals surface area contributed by atoms with Crippen molar-refractivity contribution in [3.8, 4) is 5.75 Å². The van der Waals surface area contributed by atoms with Crippen molar-refractivity contribution in [2.24, 2.45) is 0 Å². The maximum atomic E-state index is 5.96. The molecule has 0 bridgehead atoms. The summed E-state index contributed by atoms with van der Waals surface area (Å²) in [5.41, 5.74) is 0.660. The van der Waals surface area contributed by atoms with Crippen LogP contribution in [0.4, 0.5) is 11.7 Å². The van der Waals surface area contributed by atoms with E-state index in [0.29, 0.717) is 42.0 Å². The van der Waals surface area contributed by atoms with Crippen molar-refractivity contribution in [3.63, 3.8) is 0 Å². The molecule has 21 heavy (non-hydrogen) atoms. The SMILES string of the molecule is COCCNCc1nnc(Nc2cc(Cl)ccc2OC)o1. The number of rotatable bonds is 8. The highest BCUT2D eigenvalue weighted by molar-refractivity contribution is 6.30. The van der Waals surface area contributed by atoms with Crippen LogP contribution in [0.1, 0.15) is 5.89 Å². The van der Waals surface area contributed by atoms with Crippen LogP contribution in [0.3, 0.4) is 0 Å². The summed E-state index contributed by atoms with van der Waals surface area (Å²) in [7, 11) is 3.22. The van der Waals surface area contributed by atoms with Crippen molar-refractivity contribution < 1.29 is 13.9 Å². The van der Waals surface area contributed by atoms with Crippen molar-refractivity contribution in [1.29, 1.82) is 0 Å².